The molecule has 1 aliphatic carbocycles. The molecule has 0 atom stereocenters. The first-order valence-electron chi connectivity index (χ1n) is 6.94. The zero-order chi connectivity index (χ0) is 15.7. The molecule has 0 saturated heterocycles. The van der Waals surface area contributed by atoms with Crippen LogP contribution in [0, 0.1) is 5.41 Å². The largest absolute Gasteiger partial charge is 0.243 e. The summed E-state index contributed by atoms with van der Waals surface area (Å²) in [5, 5.41) is 0.248. The average molecular weight is 415 g/mol. The summed E-state index contributed by atoms with van der Waals surface area (Å²) in [6.07, 6.45) is 5.42. The molecule has 0 bridgehead atoms. The van der Waals surface area contributed by atoms with E-state index in [0.29, 0.717) is 11.0 Å². The summed E-state index contributed by atoms with van der Waals surface area (Å²) in [5.74, 6) is 0. The molecule has 1 saturated carbocycles. The van der Waals surface area contributed by atoms with Crippen LogP contribution in [0.25, 0.3) is 0 Å². The van der Waals surface area contributed by atoms with E-state index in [0.717, 1.165) is 32.1 Å². The highest BCUT2D eigenvalue weighted by atomic mass is 79.9. The zero-order valence-electron chi connectivity index (χ0n) is 11.8. The number of nitrogens with one attached hydrogen (secondary N) is 1. The number of hydrogen-bond donors (Lipinski definition) is 1. The van der Waals surface area contributed by atoms with Crippen LogP contribution in [0.2, 0.25) is 10.0 Å². The molecule has 0 aromatic heterocycles. The van der Waals surface area contributed by atoms with Crippen LogP contribution in [-0.2, 0) is 10.0 Å². The molecule has 0 heterocycles. The Balaban J connectivity index is 2.23. The highest BCUT2D eigenvalue weighted by Gasteiger charge is 2.34. The van der Waals surface area contributed by atoms with Gasteiger partial charge in [0.2, 0.25) is 10.0 Å². The second-order valence-corrected chi connectivity index (χ2v) is 9.02. The van der Waals surface area contributed by atoms with Gasteiger partial charge < -0.3 is 0 Å². The predicted molar refractivity (Wildman–Crippen MR) is 90.5 cm³/mol. The number of rotatable bonds is 5. The van der Waals surface area contributed by atoms with Gasteiger partial charge in [-0.2, -0.15) is 0 Å². The quantitative estimate of drug-likeness (QED) is 0.736. The van der Waals surface area contributed by atoms with Crippen LogP contribution in [0.5, 0.6) is 0 Å². The van der Waals surface area contributed by atoms with Crippen LogP contribution in [0.15, 0.2) is 21.5 Å². The van der Waals surface area contributed by atoms with Gasteiger partial charge in [-0.25, -0.2) is 13.1 Å². The summed E-state index contributed by atoms with van der Waals surface area (Å²) in [7, 11) is -3.71. The maximum Gasteiger partial charge on any atom is 0.243 e. The van der Waals surface area contributed by atoms with E-state index in [1.807, 2.05) is 0 Å². The van der Waals surface area contributed by atoms with Crippen LogP contribution in [0.1, 0.15) is 39.0 Å². The predicted octanol–water partition coefficient (Wildman–Crippen LogP) is 5.00. The van der Waals surface area contributed by atoms with Crippen LogP contribution in [0.3, 0.4) is 0 Å². The molecule has 0 aliphatic heterocycles. The van der Waals surface area contributed by atoms with Gasteiger partial charge in [0.1, 0.15) is 4.90 Å². The molecule has 0 amide bonds. The van der Waals surface area contributed by atoms with Crippen LogP contribution < -0.4 is 4.72 Å². The minimum atomic E-state index is -3.71. The lowest BCUT2D eigenvalue weighted by Gasteiger charge is -2.27. The first kappa shape index (κ1) is 17.5. The molecule has 1 N–H and O–H groups in total. The van der Waals surface area contributed by atoms with Gasteiger partial charge in [0, 0.05) is 11.0 Å². The Kier molecular flexibility index (Phi) is 5.64. The fourth-order valence-electron chi connectivity index (χ4n) is 2.89. The van der Waals surface area contributed by atoms with E-state index >= 15 is 0 Å². The summed E-state index contributed by atoms with van der Waals surface area (Å²) >= 11 is 15.3. The molecule has 3 nitrogen and oxygen atoms in total. The summed E-state index contributed by atoms with van der Waals surface area (Å²) in [5.41, 5.74) is 0.0708. The lowest BCUT2D eigenvalue weighted by molar-refractivity contribution is 0.285. The van der Waals surface area contributed by atoms with Crippen molar-refractivity contribution in [3.8, 4) is 0 Å². The highest BCUT2D eigenvalue weighted by Crippen LogP contribution is 2.41. The topological polar surface area (TPSA) is 46.2 Å². The van der Waals surface area contributed by atoms with Crippen LogP contribution >= 0.6 is 39.1 Å². The summed E-state index contributed by atoms with van der Waals surface area (Å²) < 4.78 is 28.4. The first-order chi connectivity index (χ1) is 9.80. The second-order valence-electron chi connectivity index (χ2n) is 5.58. The van der Waals surface area contributed by atoms with Crippen molar-refractivity contribution in [2.24, 2.45) is 5.41 Å². The Hall–Kier alpha value is 0.190. The molecule has 1 fully saturated rings. The van der Waals surface area contributed by atoms with Gasteiger partial charge in [0.25, 0.3) is 0 Å². The average Bonchev–Trinajstić information content (AvgIpc) is 2.84. The van der Waals surface area contributed by atoms with Crippen molar-refractivity contribution in [3.63, 3.8) is 0 Å². The Bertz CT molecular complexity index is 605. The number of hydrogen-bond acceptors (Lipinski definition) is 2. The van der Waals surface area contributed by atoms with Crippen molar-refractivity contribution in [3.05, 3.63) is 26.7 Å². The maximum atomic E-state index is 12.5. The van der Waals surface area contributed by atoms with Crippen LogP contribution in [0.4, 0.5) is 0 Å². The van der Waals surface area contributed by atoms with Crippen molar-refractivity contribution < 1.29 is 8.42 Å². The zero-order valence-corrected chi connectivity index (χ0v) is 15.7. The van der Waals surface area contributed by atoms with E-state index in [-0.39, 0.29) is 20.4 Å². The standard InChI is InChI=1S/C14H18BrCl2NO2S/c1-2-14(5-3-4-6-14)9-18-21(19,20)13-11(16)7-10(15)8-12(13)17/h7-8,18H,2-6,9H2,1H3. The summed E-state index contributed by atoms with van der Waals surface area (Å²) in [6, 6.07) is 3.07. The SMILES string of the molecule is CCC1(CNS(=O)(=O)c2c(Cl)cc(Br)cc2Cl)CCCC1. The number of halogens is 3. The first-order valence-corrected chi connectivity index (χ1v) is 9.97. The third-order valence-corrected chi connectivity index (χ3v) is 7.06. The van der Waals surface area contributed by atoms with Gasteiger partial charge in [-0.3, -0.25) is 0 Å². The Morgan fingerprint density at radius 1 is 1.24 bits per heavy atom. The van der Waals surface area contributed by atoms with Crippen molar-refractivity contribution >= 4 is 49.2 Å². The highest BCUT2D eigenvalue weighted by molar-refractivity contribution is 9.10. The summed E-state index contributed by atoms with van der Waals surface area (Å²) in [6.45, 7) is 2.55. The normalized spacial score (nSPS) is 18.1. The van der Waals surface area contributed by atoms with E-state index in [4.69, 9.17) is 23.2 Å². The van der Waals surface area contributed by atoms with Gasteiger partial charge in [-0.1, -0.05) is 58.9 Å². The fourth-order valence-corrected chi connectivity index (χ4v) is 5.98. The second kappa shape index (κ2) is 6.75. The van der Waals surface area contributed by atoms with E-state index in [2.05, 4.69) is 27.6 Å². The van der Waals surface area contributed by atoms with Gasteiger partial charge >= 0.3 is 0 Å². The number of sulfonamides is 1. The van der Waals surface area contributed by atoms with E-state index in [9.17, 15) is 8.42 Å². The van der Waals surface area contributed by atoms with Gasteiger partial charge in [-0.05, 0) is 36.8 Å². The minimum Gasteiger partial charge on any atom is -0.211 e. The van der Waals surface area contributed by atoms with Gasteiger partial charge in [-0.15, -0.1) is 0 Å². The Morgan fingerprint density at radius 3 is 2.24 bits per heavy atom. The molecule has 7 heteroatoms. The van der Waals surface area contributed by atoms with Gasteiger partial charge in [0.15, 0.2) is 0 Å². The molecular formula is C14H18BrCl2NO2S. The Morgan fingerprint density at radius 2 is 1.76 bits per heavy atom. The third kappa shape index (κ3) is 3.94. The molecule has 1 aromatic rings. The van der Waals surface area contributed by atoms with Crippen molar-refractivity contribution in [2.75, 3.05) is 6.54 Å². The molecule has 2 rings (SSSR count). The fraction of sp³-hybridized carbons (Fsp3) is 0.571. The molecule has 1 aromatic carbocycles. The molecular weight excluding hydrogens is 397 g/mol. The monoisotopic (exact) mass is 413 g/mol. The molecule has 21 heavy (non-hydrogen) atoms. The van der Waals surface area contributed by atoms with E-state index in [1.54, 1.807) is 0 Å². The van der Waals surface area contributed by atoms with E-state index < -0.39 is 10.0 Å². The minimum absolute atomic E-state index is 0.0433. The van der Waals surface area contributed by atoms with Gasteiger partial charge in [0.05, 0.1) is 10.0 Å². The van der Waals surface area contributed by atoms with E-state index in [1.165, 1.54) is 12.1 Å². The third-order valence-electron chi connectivity index (χ3n) is 4.28. The maximum absolute atomic E-state index is 12.5. The molecule has 0 radical (unpaired) electrons. The summed E-state index contributed by atoms with van der Waals surface area (Å²) in [4.78, 5) is -0.0433. The molecule has 0 unspecified atom stereocenters. The van der Waals surface area contributed by atoms with Crippen molar-refractivity contribution in [2.45, 2.75) is 43.9 Å². The molecule has 118 valence electrons. The molecule has 0 spiro atoms. The van der Waals surface area contributed by atoms with Crippen molar-refractivity contribution in [1.82, 2.24) is 4.72 Å². The Labute approximate surface area is 144 Å². The van der Waals surface area contributed by atoms with Crippen LogP contribution in [-0.4, -0.2) is 15.0 Å². The lowest BCUT2D eigenvalue weighted by Crippen LogP contribution is -2.35. The lowest BCUT2D eigenvalue weighted by atomic mass is 9.84. The molecule has 1 aliphatic rings. The smallest absolute Gasteiger partial charge is 0.211 e. The van der Waals surface area contributed by atoms with Crippen molar-refractivity contribution in [1.29, 1.82) is 0 Å². The number of benzene rings is 1.